The summed E-state index contributed by atoms with van der Waals surface area (Å²) in [5.41, 5.74) is 1.57. The molecule has 0 aliphatic heterocycles. The highest BCUT2D eigenvalue weighted by atomic mass is 79.9. The zero-order valence-electron chi connectivity index (χ0n) is 14.5. The number of carbonyl (C=O) groups excluding carboxylic acids is 2. The molecule has 9 heteroatoms. The van der Waals surface area contributed by atoms with Gasteiger partial charge in [0.2, 0.25) is 5.76 Å². The lowest BCUT2D eigenvalue weighted by Gasteiger charge is -2.07. The van der Waals surface area contributed by atoms with Gasteiger partial charge in [0.15, 0.2) is 6.61 Å². The van der Waals surface area contributed by atoms with Crippen molar-refractivity contribution in [2.45, 2.75) is 17.6 Å². The van der Waals surface area contributed by atoms with Crippen LogP contribution in [0.2, 0.25) is 0 Å². The second kappa shape index (κ2) is 8.74. The fourth-order valence-corrected chi connectivity index (χ4v) is 3.36. The standard InChI is InChI=1S/C19H14BrF2NO4S/c1-10-14-8-11(20)2-7-15(14)27-17(10)18(25)26-9-16(24)23-12-3-5-13(6-4-12)28-19(21)22/h2-8,19H,9H2,1H3,(H,23,24). The minimum atomic E-state index is -2.51. The van der Waals surface area contributed by atoms with Crippen LogP contribution in [0.4, 0.5) is 14.5 Å². The Labute approximate surface area is 171 Å². The second-order valence-corrected chi connectivity index (χ2v) is 7.70. The van der Waals surface area contributed by atoms with Gasteiger partial charge in [0, 0.05) is 26.0 Å². The SMILES string of the molecule is Cc1c(C(=O)OCC(=O)Nc2ccc(SC(F)F)cc2)oc2ccc(Br)cc12. The molecule has 0 aliphatic carbocycles. The molecule has 28 heavy (non-hydrogen) atoms. The van der Waals surface area contributed by atoms with Crippen LogP contribution in [0, 0.1) is 6.92 Å². The minimum Gasteiger partial charge on any atom is -0.450 e. The molecule has 5 nitrogen and oxygen atoms in total. The number of amides is 1. The monoisotopic (exact) mass is 469 g/mol. The number of alkyl halides is 2. The van der Waals surface area contributed by atoms with Crippen molar-refractivity contribution in [1.82, 2.24) is 0 Å². The number of thioether (sulfide) groups is 1. The van der Waals surface area contributed by atoms with Gasteiger partial charge < -0.3 is 14.5 Å². The van der Waals surface area contributed by atoms with Crippen LogP contribution in [-0.2, 0) is 9.53 Å². The van der Waals surface area contributed by atoms with Crippen molar-refractivity contribution in [3.05, 3.63) is 58.3 Å². The average molecular weight is 470 g/mol. The normalized spacial score (nSPS) is 11.0. The third kappa shape index (κ3) is 4.90. The minimum absolute atomic E-state index is 0.0364. The number of anilines is 1. The Hall–Kier alpha value is -2.39. The van der Waals surface area contributed by atoms with E-state index < -0.39 is 24.2 Å². The molecular weight excluding hydrogens is 456 g/mol. The molecule has 3 aromatic rings. The van der Waals surface area contributed by atoms with Gasteiger partial charge in [-0.15, -0.1) is 0 Å². The highest BCUT2D eigenvalue weighted by molar-refractivity contribution is 9.10. The topological polar surface area (TPSA) is 68.5 Å². The fourth-order valence-electron chi connectivity index (χ4n) is 2.50. The summed E-state index contributed by atoms with van der Waals surface area (Å²) in [5, 5.41) is 3.30. The van der Waals surface area contributed by atoms with Gasteiger partial charge in [0.1, 0.15) is 5.58 Å². The van der Waals surface area contributed by atoms with Crippen LogP contribution >= 0.6 is 27.7 Å². The van der Waals surface area contributed by atoms with Crippen LogP contribution in [0.3, 0.4) is 0 Å². The first-order valence-corrected chi connectivity index (χ1v) is 9.71. The molecule has 1 aromatic heterocycles. The number of furan rings is 1. The largest absolute Gasteiger partial charge is 0.450 e. The molecule has 0 radical (unpaired) electrons. The van der Waals surface area contributed by atoms with Crippen molar-refractivity contribution in [3.8, 4) is 0 Å². The van der Waals surface area contributed by atoms with E-state index in [1.54, 1.807) is 19.1 Å². The molecule has 0 spiro atoms. The highest BCUT2D eigenvalue weighted by Crippen LogP contribution is 2.29. The summed E-state index contributed by atoms with van der Waals surface area (Å²) in [6.07, 6.45) is 0. The lowest BCUT2D eigenvalue weighted by atomic mass is 10.1. The number of hydrogen-bond acceptors (Lipinski definition) is 5. The van der Waals surface area contributed by atoms with E-state index in [2.05, 4.69) is 21.2 Å². The molecule has 0 unspecified atom stereocenters. The number of rotatable bonds is 6. The quantitative estimate of drug-likeness (QED) is 0.375. The maximum absolute atomic E-state index is 12.3. The first-order chi connectivity index (χ1) is 13.3. The Bertz CT molecular complexity index is 1020. The predicted molar refractivity (Wildman–Crippen MR) is 106 cm³/mol. The molecule has 0 bridgehead atoms. The summed E-state index contributed by atoms with van der Waals surface area (Å²) in [6.45, 7) is 1.22. The maximum Gasteiger partial charge on any atom is 0.375 e. The number of esters is 1. The summed E-state index contributed by atoms with van der Waals surface area (Å²) in [4.78, 5) is 24.6. The van der Waals surface area contributed by atoms with E-state index in [4.69, 9.17) is 9.15 Å². The van der Waals surface area contributed by atoms with E-state index >= 15 is 0 Å². The van der Waals surface area contributed by atoms with E-state index in [1.807, 2.05) is 6.07 Å². The molecule has 1 N–H and O–H groups in total. The molecule has 3 rings (SSSR count). The van der Waals surface area contributed by atoms with Crippen LogP contribution in [0.15, 0.2) is 56.2 Å². The lowest BCUT2D eigenvalue weighted by Crippen LogP contribution is -2.21. The number of carbonyl (C=O) groups is 2. The zero-order chi connectivity index (χ0) is 20.3. The number of benzene rings is 2. The van der Waals surface area contributed by atoms with Crippen molar-refractivity contribution in [2.24, 2.45) is 0 Å². The van der Waals surface area contributed by atoms with Gasteiger partial charge in [-0.25, -0.2) is 4.79 Å². The molecule has 0 aliphatic rings. The van der Waals surface area contributed by atoms with Crippen molar-refractivity contribution in [1.29, 1.82) is 0 Å². The fraction of sp³-hybridized carbons (Fsp3) is 0.158. The number of halogens is 3. The van der Waals surface area contributed by atoms with Gasteiger partial charge in [-0.3, -0.25) is 4.79 Å². The van der Waals surface area contributed by atoms with Gasteiger partial charge in [-0.1, -0.05) is 27.7 Å². The third-order valence-electron chi connectivity index (χ3n) is 3.78. The molecule has 146 valence electrons. The van der Waals surface area contributed by atoms with Crippen LogP contribution in [0.5, 0.6) is 0 Å². The Kier molecular flexibility index (Phi) is 6.35. The smallest absolute Gasteiger partial charge is 0.375 e. The Balaban J connectivity index is 1.58. The van der Waals surface area contributed by atoms with E-state index in [0.717, 1.165) is 9.86 Å². The first kappa shape index (κ1) is 20.3. The van der Waals surface area contributed by atoms with E-state index in [0.29, 0.717) is 33.5 Å². The van der Waals surface area contributed by atoms with Gasteiger partial charge in [0.05, 0.1) is 0 Å². The molecule has 0 fully saturated rings. The van der Waals surface area contributed by atoms with Gasteiger partial charge in [-0.2, -0.15) is 8.78 Å². The Morgan fingerprint density at radius 1 is 1.21 bits per heavy atom. The van der Waals surface area contributed by atoms with Gasteiger partial charge in [-0.05, 0) is 49.4 Å². The van der Waals surface area contributed by atoms with Gasteiger partial charge >= 0.3 is 5.97 Å². The molecule has 0 atom stereocenters. The van der Waals surface area contributed by atoms with Crippen LogP contribution in [-0.4, -0.2) is 24.2 Å². The summed E-state index contributed by atoms with van der Waals surface area (Å²) in [6, 6.07) is 11.3. The maximum atomic E-state index is 12.3. The van der Waals surface area contributed by atoms with Crippen molar-refractivity contribution < 1.29 is 27.5 Å². The molecule has 0 saturated carbocycles. The van der Waals surface area contributed by atoms with Gasteiger partial charge in [0.25, 0.3) is 11.7 Å². The highest BCUT2D eigenvalue weighted by Gasteiger charge is 2.20. The van der Waals surface area contributed by atoms with E-state index in [9.17, 15) is 18.4 Å². The first-order valence-electron chi connectivity index (χ1n) is 8.04. The number of nitrogens with one attached hydrogen (secondary N) is 1. The summed E-state index contributed by atoms with van der Waals surface area (Å²) in [7, 11) is 0. The van der Waals surface area contributed by atoms with E-state index in [-0.39, 0.29) is 5.76 Å². The molecule has 1 heterocycles. The molecule has 1 amide bonds. The summed E-state index contributed by atoms with van der Waals surface area (Å²) in [5.74, 6) is -3.78. The van der Waals surface area contributed by atoms with Crippen molar-refractivity contribution in [2.75, 3.05) is 11.9 Å². The van der Waals surface area contributed by atoms with Crippen LogP contribution in [0.25, 0.3) is 11.0 Å². The molecule has 2 aromatic carbocycles. The Morgan fingerprint density at radius 2 is 1.93 bits per heavy atom. The lowest BCUT2D eigenvalue weighted by molar-refractivity contribution is -0.119. The number of fused-ring (bicyclic) bond motifs is 1. The zero-order valence-corrected chi connectivity index (χ0v) is 16.9. The van der Waals surface area contributed by atoms with E-state index in [1.165, 1.54) is 24.3 Å². The predicted octanol–water partition coefficient (Wildman–Crippen LogP) is 5.61. The Morgan fingerprint density at radius 3 is 2.61 bits per heavy atom. The average Bonchev–Trinajstić information content (AvgIpc) is 2.97. The second-order valence-electron chi connectivity index (χ2n) is 5.72. The summed E-state index contributed by atoms with van der Waals surface area (Å²) < 4.78 is 36.0. The number of hydrogen-bond donors (Lipinski definition) is 1. The van der Waals surface area contributed by atoms with Crippen molar-refractivity contribution in [3.63, 3.8) is 0 Å². The number of ether oxygens (including phenoxy) is 1. The van der Waals surface area contributed by atoms with Crippen molar-refractivity contribution >= 4 is 56.2 Å². The molecule has 0 saturated heterocycles. The third-order valence-corrected chi connectivity index (χ3v) is 5.00. The molecular formula is C19H14BrF2NO4S. The van der Waals surface area contributed by atoms with Crippen LogP contribution < -0.4 is 5.32 Å². The van der Waals surface area contributed by atoms with Crippen LogP contribution in [0.1, 0.15) is 16.1 Å². The summed E-state index contributed by atoms with van der Waals surface area (Å²) >= 11 is 3.77. The number of aryl methyl sites for hydroxylation is 1.